The van der Waals surface area contributed by atoms with E-state index in [1.54, 1.807) is 0 Å². The molecular weight excluding hydrogens is 542 g/mol. The van der Waals surface area contributed by atoms with Crippen LogP contribution in [-0.4, -0.2) is 0 Å². The van der Waals surface area contributed by atoms with Crippen molar-refractivity contribution in [2.75, 3.05) is 4.90 Å². The summed E-state index contributed by atoms with van der Waals surface area (Å²) >= 11 is 0. The van der Waals surface area contributed by atoms with Crippen LogP contribution in [0.3, 0.4) is 0 Å². The molecule has 1 nitrogen and oxygen atoms in total. The highest BCUT2D eigenvalue weighted by atomic mass is 15.1. The number of anilines is 3. The van der Waals surface area contributed by atoms with E-state index < -0.39 is 0 Å². The lowest BCUT2D eigenvalue weighted by atomic mass is 9.92. The lowest BCUT2D eigenvalue weighted by Gasteiger charge is -2.26. The number of benzene rings is 8. The van der Waals surface area contributed by atoms with Crippen molar-refractivity contribution in [2.24, 2.45) is 0 Å². The molecular formula is C44H31N. The molecule has 0 radical (unpaired) electrons. The van der Waals surface area contributed by atoms with Crippen LogP contribution >= 0.6 is 0 Å². The van der Waals surface area contributed by atoms with Crippen LogP contribution in [0.2, 0.25) is 0 Å². The minimum absolute atomic E-state index is 1.12. The van der Waals surface area contributed by atoms with E-state index in [0.717, 1.165) is 17.1 Å². The molecule has 0 atom stereocenters. The van der Waals surface area contributed by atoms with Gasteiger partial charge in [0, 0.05) is 17.1 Å². The quantitative estimate of drug-likeness (QED) is 0.191. The summed E-state index contributed by atoms with van der Waals surface area (Å²) in [5.74, 6) is 0. The molecule has 0 heterocycles. The first-order valence-corrected chi connectivity index (χ1v) is 15.4. The number of rotatable bonds is 6. The Morgan fingerprint density at radius 3 is 1.38 bits per heavy atom. The molecule has 0 spiro atoms. The normalized spacial score (nSPS) is 11.1. The molecule has 8 aromatic rings. The van der Waals surface area contributed by atoms with Crippen molar-refractivity contribution in [1.29, 1.82) is 0 Å². The summed E-state index contributed by atoms with van der Waals surface area (Å²) in [5, 5.41) is 5.04. The second-order valence-electron chi connectivity index (χ2n) is 11.4. The van der Waals surface area contributed by atoms with Gasteiger partial charge in [-0.05, 0) is 97.4 Å². The number of nitrogens with zero attached hydrogens (tertiary/aromatic N) is 1. The molecule has 0 aliphatic rings. The second kappa shape index (κ2) is 11.6. The molecule has 8 aromatic carbocycles. The maximum Gasteiger partial charge on any atom is 0.0462 e. The van der Waals surface area contributed by atoms with E-state index in [9.17, 15) is 0 Å². The molecule has 0 aromatic heterocycles. The topological polar surface area (TPSA) is 3.24 Å². The van der Waals surface area contributed by atoms with Gasteiger partial charge in [0.15, 0.2) is 0 Å². The average Bonchev–Trinajstić information content (AvgIpc) is 3.12. The Bertz CT molecular complexity index is 2230. The molecule has 45 heavy (non-hydrogen) atoms. The van der Waals surface area contributed by atoms with Gasteiger partial charge in [-0.3, -0.25) is 0 Å². The van der Waals surface area contributed by atoms with Crippen LogP contribution in [0.1, 0.15) is 0 Å². The number of para-hydroxylation sites is 1. The van der Waals surface area contributed by atoms with E-state index in [2.05, 4.69) is 193 Å². The molecule has 0 N–H and O–H groups in total. The summed E-state index contributed by atoms with van der Waals surface area (Å²) in [7, 11) is 0. The van der Waals surface area contributed by atoms with Gasteiger partial charge in [-0.1, -0.05) is 146 Å². The Morgan fingerprint density at radius 1 is 0.267 bits per heavy atom. The fourth-order valence-corrected chi connectivity index (χ4v) is 6.42. The van der Waals surface area contributed by atoms with Crippen LogP contribution in [0.15, 0.2) is 188 Å². The molecule has 0 unspecified atom stereocenters. The zero-order valence-corrected chi connectivity index (χ0v) is 24.8. The summed E-state index contributed by atoms with van der Waals surface area (Å²) < 4.78 is 0. The predicted octanol–water partition coefficient (Wildman–Crippen LogP) is 12.5. The third-order valence-corrected chi connectivity index (χ3v) is 8.67. The summed E-state index contributed by atoms with van der Waals surface area (Å²) in [6.45, 7) is 0. The number of fused-ring (bicyclic) bond motifs is 2. The van der Waals surface area contributed by atoms with Gasteiger partial charge in [0.05, 0.1) is 0 Å². The summed E-state index contributed by atoms with van der Waals surface area (Å²) in [4.78, 5) is 2.32. The molecule has 0 aliphatic heterocycles. The smallest absolute Gasteiger partial charge is 0.0462 e. The Kier molecular flexibility index (Phi) is 6.90. The maximum absolute atomic E-state index is 2.32. The average molecular weight is 574 g/mol. The largest absolute Gasteiger partial charge is 0.311 e. The molecule has 0 aliphatic carbocycles. The van der Waals surface area contributed by atoms with Crippen LogP contribution < -0.4 is 4.90 Å². The van der Waals surface area contributed by atoms with Gasteiger partial charge in [-0.15, -0.1) is 0 Å². The standard InChI is InChI=1S/C44H31N/c1-3-11-32(12-4-1)34-23-27-39(28-24-34)45(38-15-5-2-6-16-38)40-29-25-35(26-30-40)41-17-9-20-44-42(18-10-19-43(41)44)37-22-21-33-13-7-8-14-36(33)31-37/h1-31H. The van der Waals surface area contributed by atoms with Gasteiger partial charge >= 0.3 is 0 Å². The summed E-state index contributed by atoms with van der Waals surface area (Å²) in [6.07, 6.45) is 0. The molecule has 212 valence electrons. The van der Waals surface area contributed by atoms with E-state index in [4.69, 9.17) is 0 Å². The van der Waals surface area contributed by atoms with Crippen LogP contribution in [0.5, 0.6) is 0 Å². The van der Waals surface area contributed by atoms with E-state index in [1.807, 2.05) is 0 Å². The highest BCUT2D eigenvalue weighted by molar-refractivity contribution is 6.05. The Hall–Kier alpha value is -5.92. The van der Waals surface area contributed by atoms with Crippen molar-refractivity contribution in [3.8, 4) is 33.4 Å². The van der Waals surface area contributed by atoms with Crippen molar-refractivity contribution >= 4 is 38.6 Å². The van der Waals surface area contributed by atoms with Crippen molar-refractivity contribution in [2.45, 2.75) is 0 Å². The predicted molar refractivity (Wildman–Crippen MR) is 192 cm³/mol. The first kappa shape index (κ1) is 26.7. The van der Waals surface area contributed by atoms with Crippen LogP contribution in [0, 0.1) is 0 Å². The van der Waals surface area contributed by atoms with Gasteiger partial charge < -0.3 is 4.90 Å². The van der Waals surface area contributed by atoms with E-state index in [-0.39, 0.29) is 0 Å². The second-order valence-corrected chi connectivity index (χ2v) is 11.4. The fraction of sp³-hybridized carbons (Fsp3) is 0. The Morgan fingerprint density at radius 2 is 0.733 bits per heavy atom. The van der Waals surface area contributed by atoms with E-state index >= 15 is 0 Å². The van der Waals surface area contributed by atoms with Crippen LogP contribution in [0.25, 0.3) is 54.9 Å². The molecule has 1 heteroatoms. The minimum Gasteiger partial charge on any atom is -0.311 e. The van der Waals surface area contributed by atoms with Gasteiger partial charge in [-0.25, -0.2) is 0 Å². The third-order valence-electron chi connectivity index (χ3n) is 8.67. The monoisotopic (exact) mass is 573 g/mol. The first-order valence-electron chi connectivity index (χ1n) is 15.4. The van der Waals surface area contributed by atoms with Crippen molar-refractivity contribution in [3.05, 3.63) is 188 Å². The molecule has 0 fully saturated rings. The summed E-state index contributed by atoms with van der Waals surface area (Å²) in [5.41, 5.74) is 10.7. The third kappa shape index (κ3) is 5.15. The first-order chi connectivity index (χ1) is 22.3. The van der Waals surface area contributed by atoms with Crippen LogP contribution in [-0.2, 0) is 0 Å². The van der Waals surface area contributed by atoms with Gasteiger partial charge in [0.2, 0.25) is 0 Å². The highest BCUT2D eigenvalue weighted by Crippen LogP contribution is 2.39. The highest BCUT2D eigenvalue weighted by Gasteiger charge is 2.14. The van der Waals surface area contributed by atoms with Gasteiger partial charge in [0.1, 0.15) is 0 Å². The number of hydrogen-bond donors (Lipinski definition) is 0. The van der Waals surface area contributed by atoms with Gasteiger partial charge in [-0.2, -0.15) is 0 Å². The van der Waals surface area contributed by atoms with Crippen molar-refractivity contribution in [3.63, 3.8) is 0 Å². The van der Waals surface area contributed by atoms with Crippen molar-refractivity contribution < 1.29 is 0 Å². The minimum atomic E-state index is 1.12. The lowest BCUT2D eigenvalue weighted by molar-refractivity contribution is 1.28. The molecule has 0 amide bonds. The zero-order chi connectivity index (χ0) is 30.0. The molecule has 0 bridgehead atoms. The molecule has 0 saturated carbocycles. The summed E-state index contributed by atoms with van der Waals surface area (Å²) in [6, 6.07) is 67.6. The Labute approximate surface area is 264 Å². The van der Waals surface area contributed by atoms with E-state index in [1.165, 1.54) is 54.9 Å². The fourth-order valence-electron chi connectivity index (χ4n) is 6.42. The van der Waals surface area contributed by atoms with Gasteiger partial charge in [0.25, 0.3) is 0 Å². The zero-order valence-electron chi connectivity index (χ0n) is 24.8. The van der Waals surface area contributed by atoms with Crippen LogP contribution in [0.4, 0.5) is 17.1 Å². The SMILES string of the molecule is c1ccc(-c2ccc(N(c3ccccc3)c3ccc(-c4cccc5c(-c6ccc7ccccc7c6)cccc45)cc3)cc2)cc1. The van der Waals surface area contributed by atoms with Crippen molar-refractivity contribution in [1.82, 2.24) is 0 Å². The number of hydrogen-bond acceptors (Lipinski definition) is 1. The Balaban J connectivity index is 1.17. The lowest BCUT2D eigenvalue weighted by Crippen LogP contribution is -2.09. The van der Waals surface area contributed by atoms with E-state index in [0.29, 0.717) is 0 Å². The maximum atomic E-state index is 2.32. The molecule has 8 rings (SSSR count). The molecule has 0 saturated heterocycles.